The molecule has 204 valence electrons. The first-order chi connectivity index (χ1) is 18.6. The van der Waals surface area contributed by atoms with E-state index < -0.39 is 16.5 Å². The Morgan fingerprint density at radius 1 is 0.872 bits per heavy atom. The average Bonchev–Trinajstić information content (AvgIpc) is 2.90. The number of ketones is 1. The van der Waals surface area contributed by atoms with Gasteiger partial charge < -0.3 is 10.4 Å². The van der Waals surface area contributed by atoms with Crippen LogP contribution in [0, 0.1) is 0 Å². The highest BCUT2D eigenvalue weighted by molar-refractivity contribution is 7.90. The van der Waals surface area contributed by atoms with E-state index in [-0.39, 0.29) is 36.0 Å². The van der Waals surface area contributed by atoms with Gasteiger partial charge in [-0.1, -0.05) is 50.2 Å². The lowest BCUT2D eigenvalue weighted by atomic mass is 9.85. The second-order valence-electron chi connectivity index (χ2n) is 8.05. The van der Waals surface area contributed by atoms with Crippen molar-refractivity contribution in [2.45, 2.75) is 20.1 Å². The first-order valence-corrected chi connectivity index (χ1v) is 13.4. The van der Waals surface area contributed by atoms with Gasteiger partial charge in [-0.25, -0.2) is 9.97 Å². The number of anilines is 2. The normalized spacial score (nSPS) is 12.4. The highest BCUT2D eigenvalue weighted by atomic mass is 32.2. The molecule has 0 saturated carbocycles. The van der Waals surface area contributed by atoms with Crippen molar-refractivity contribution in [3.8, 4) is 22.6 Å². The number of hydrogen-bond acceptors (Lipinski definition) is 7. The Morgan fingerprint density at radius 3 is 2.18 bits per heavy atom. The van der Waals surface area contributed by atoms with E-state index >= 15 is 0 Å². The van der Waals surface area contributed by atoms with E-state index in [4.69, 9.17) is 0 Å². The molecule has 4 N–H and O–H groups in total. The fourth-order valence-electron chi connectivity index (χ4n) is 4.23. The van der Waals surface area contributed by atoms with Gasteiger partial charge in [0, 0.05) is 34.3 Å². The van der Waals surface area contributed by atoms with Gasteiger partial charge in [0.25, 0.3) is 0 Å². The molecule has 39 heavy (non-hydrogen) atoms. The fraction of sp³-hybridized carbons (Fsp3) is 0.192. The van der Waals surface area contributed by atoms with Crippen LogP contribution < -0.4 is 14.8 Å². The van der Waals surface area contributed by atoms with Crippen molar-refractivity contribution in [3.05, 3.63) is 71.8 Å². The van der Waals surface area contributed by atoms with E-state index in [0.717, 1.165) is 0 Å². The van der Waals surface area contributed by atoms with E-state index in [0.29, 0.717) is 43.7 Å². The first kappa shape index (κ1) is 28.0. The predicted molar refractivity (Wildman–Crippen MR) is 142 cm³/mol. The molecule has 0 atom stereocenters. The number of aliphatic hydroxyl groups excluding tert-OH is 1. The van der Waals surface area contributed by atoms with Crippen LogP contribution in [0.1, 0.15) is 29.8 Å². The van der Waals surface area contributed by atoms with Crippen LogP contribution in [0.25, 0.3) is 33.5 Å². The number of fused-ring (bicyclic) bond motifs is 2. The molecule has 1 aliphatic carbocycles. The second-order valence-corrected chi connectivity index (χ2v) is 9.47. The number of aliphatic hydroxyl groups is 1. The summed E-state index contributed by atoms with van der Waals surface area (Å²) in [6, 6.07) is 15.9. The lowest BCUT2D eigenvalue weighted by molar-refractivity contribution is -0.137. The average molecular weight is 560 g/mol. The number of hydrogen-bond donors (Lipinski definition) is 4. The summed E-state index contributed by atoms with van der Waals surface area (Å²) in [5.74, 6) is -0.212. The van der Waals surface area contributed by atoms with Crippen LogP contribution >= 0.6 is 0 Å². The number of aromatic nitrogens is 2. The molecule has 0 aliphatic heterocycles. The van der Waals surface area contributed by atoms with Gasteiger partial charge in [0.2, 0.25) is 0 Å². The van der Waals surface area contributed by atoms with Crippen LogP contribution in [0.15, 0.2) is 60.7 Å². The molecular formula is C26H24F3N5O4S. The van der Waals surface area contributed by atoms with Crippen molar-refractivity contribution >= 4 is 38.3 Å². The summed E-state index contributed by atoms with van der Waals surface area (Å²) in [7, 11) is -5.00. The Bertz CT molecular complexity index is 1660. The summed E-state index contributed by atoms with van der Waals surface area (Å²) in [6.07, 6.45) is -5.17. The molecule has 4 aromatic rings. The van der Waals surface area contributed by atoms with Crippen molar-refractivity contribution in [1.82, 2.24) is 14.7 Å². The maximum Gasteiger partial charge on any atom is 0.472 e. The third-order valence-electron chi connectivity index (χ3n) is 5.61. The molecule has 1 aromatic heterocycles. The van der Waals surface area contributed by atoms with Crippen LogP contribution in [0.5, 0.6) is 0 Å². The van der Waals surface area contributed by atoms with Crippen molar-refractivity contribution in [1.29, 1.82) is 0 Å². The van der Waals surface area contributed by atoms with Gasteiger partial charge in [-0.15, -0.1) is 4.72 Å². The molecule has 0 bridgehead atoms. The van der Waals surface area contributed by atoms with Crippen LogP contribution in [0.2, 0.25) is 0 Å². The van der Waals surface area contributed by atoms with E-state index in [1.54, 1.807) is 42.5 Å². The molecule has 9 nitrogen and oxygen atoms in total. The van der Waals surface area contributed by atoms with E-state index in [9.17, 15) is 31.5 Å². The summed E-state index contributed by atoms with van der Waals surface area (Å²) in [5, 5.41) is 12.7. The maximum atomic E-state index is 13.4. The Morgan fingerprint density at radius 2 is 1.51 bits per heavy atom. The van der Waals surface area contributed by atoms with Crippen LogP contribution in [0.3, 0.4) is 0 Å². The molecule has 0 amide bonds. The highest BCUT2D eigenvalue weighted by Gasteiger charge is 2.35. The quantitative estimate of drug-likeness (QED) is 0.212. The number of rotatable bonds is 7. The number of nitrogens with zero attached hydrogens (tertiary/aromatic N) is 2. The number of nitrogens with one attached hydrogen (secondary N) is 3. The van der Waals surface area contributed by atoms with Gasteiger partial charge in [-0.05, 0) is 24.3 Å². The Kier molecular flexibility index (Phi) is 7.86. The van der Waals surface area contributed by atoms with Gasteiger partial charge in [0.05, 0.1) is 29.1 Å². The molecule has 0 spiro atoms. The van der Waals surface area contributed by atoms with E-state index in [2.05, 4.69) is 15.3 Å². The number of halogens is 3. The Hall–Kier alpha value is -4.07. The minimum atomic E-state index is -5.17. The predicted octanol–water partition coefficient (Wildman–Crippen LogP) is 4.70. The largest absolute Gasteiger partial charge is 0.472 e. The third-order valence-corrected chi connectivity index (χ3v) is 6.60. The molecule has 0 saturated heterocycles. The van der Waals surface area contributed by atoms with Gasteiger partial charge >= 0.3 is 16.5 Å². The van der Waals surface area contributed by atoms with Gasteiger partial charge in [0.15, 0.2) is 11.6 Å². The van der Waals surface area contributed by atoms with Crippen molar-refractivity contribution in [2.75, 3.05) is 23.2 Å². The number of benzene rings is 3. The SMILES string of the molecule is CC.O=C1c2ccccc2-c2nc(-c3ccccc3NS(=O)(=O)NC(F)(F)F)nc3ccc(NCCO)c1c23. The number of alkyl halides is 3. The van der Waals surface area contributed by atoms with Gasteiger partial charge in [-0.2, -0.15) is 21.6 Å². The molecule has 1 aliphatic rings. The monoisotopic (exact) mass is 559 g/mol. The zero-order valence-electron chi connectivity index (χ0n) is 20.8. The topological polar surface area (TPSA) is 133 Å². The zero-order valence-corrected chi connectivity index (χ0v) is 21.6. The molecule has 0 fully saturated rings. The highest BCUT2D eigenvalue weighted by Crippen LogP contribution is 2.42. The molecule has 0 unspecified atom stereocenters. The molecule has 13 heteroatoms. The molecular weight excluding hydrogens is 535 g/mol. The van der Waals surface area contributed by atoms with Crippen molar-refractivity contribution in [2.24, 2.45) is 0 Å². The Balaban J connectivity index is 0.00000172. The summed E-state index contributed by atoms with van der Waals surface area (Å²) in [5.41, 5.74) is 2.48. The number of para-hydroxylation sites is 1. The molecule has 0 radical (unpaired) electrons. The molecule has 1 heterocycles. The van der Waals surface area contributed by atoms with Crippen LogP contribution in [-0.4, -0.2) is 48.7 Å². The van der Waals surface area contributed by atoms with Crippen molar-refractivity contribution < 1.29 is 31.5 Å². The summed E-state index contributed by atoms with van der Waals surface area (Å²) in [6.45, 7) is 4.06. The first-order valence-electron chi connectivity index (χ1n) is 11.9. The van der Waals surface area contributed by atoms with Gasteiger partial charge in [-0.3, -0.25) is 9.52 Å². The van der Waals surface area contributed by atoms with Crippen LogP contribution in [-0.2, 0) is 10.2 Å². The Labute approximate surface area is 222 Å². The minimum Gasteiger partial charge on any atom is -0.395 e. The smallest absolute Gasteiger partial charge is 0.395 e. The third kappa shape index (κ3) is 5.70. The lowest BCUT2D eigenvalue weighted by Crippen LogP contribution is -2.40. The summed E-state index contributed by atoms with van der Waals surface area (Å²) in [4.78, 5) is 22.6. The number of carbonyl (C=O) groups excluding carboxylic acids is 1. The molecule has 3 aromatic carbocycles. The maximum absolute atomic E-state index is 13.4. The van der Waals surface area contributed by atoms with Crippen LogP contribution in [0.4, 0.5) is 24.5 Å². The fourth-order valence-corrected chi connectivity index (χ4v) is 5.05. The summed E-state index contributed by atoms with van der Waals surface area (Å²) < 4.78 is 64.6. The lowest BCUT2D eigenvalue weighted by Gasteiger charge is -2.22. The van der Waals surface area contributed by atoms with E-state index in [1.807, 2.05) is 18.6 Å². The standard InChI is InChI=1S/C24H18F3N5O4S.C2H6/c25-24(26,27)32-37(35,36)31-16-8-4-3-7-15(16)23-29-18-10-9-17(28-11-12-33)20-19(18)21(30-23)13-5-1-2-6-14(13)22(20)34;1-2/h1-10,28,31-33H,11-12H2;1-2H3. The zero-order chi connectivity index (χ0) is 28.4. The number of carbonyl (C=O) groups is 1. The van der Waals surface area contributed by atoms with Gasteiger partial charge in [0.1, 0.15) is 0 Å². The minimum absolute atomic E-state index is 0.0407. The van der Waals surface area contributed by atoms with E-state index in [1.165, 1.54) is 18.2 Å². The summed E-state index contributed by atoms with van der Waals surface area (Å²) >= 11 is 0. The van der Waals surface area contributed by atoms with Crippen molar-refractivity contribution in [3.63, 3.8) is 0 Å². The molecule has 5 rings (SSSR count). The second kappa shape index (κ2) is 11.0.